The third kappa shape index (κ3) is 3.21. The zero-order valence-electron chi connectivity index (χ0n) is 12.0. The maximum absolute atomic E-state index is 12.4. The van der Waals surface area contributed by atoms with Gasteiger partial charge in [-0.25, -0.2) is 0 Å². The van der Waals surface area contributed by atoms with Crippen LogP contribution in [0.15, 0.2) is 5.16 Å². The van der Waals surface area contributed by atoms with Crippen LogP contribution in [-0.4, -0.2) is 60.7 Å². The van der Waals surface area contributed by atoms with Gasteiger partial charge in [-0.1, -0.05) is 5.16 Å². The van der Waals surface area contributed by atoms with Gasteiger partial charge in [0, 0.05) is 19.7 Å². The van der Waals surface area contributed by atoms with Gasteiger partial charge in [-0.15, -0.1) is 0 Å². The van der Waals surface area contributed by atoms with Crippen molar-refractivity contribution < 1.29 is 14.7 Å². The average molecular weight is 284 g/mol. The van der Waals surface area contributed by atoms with E-state index in [1.807, 2.05) is 7.05 Å². The molecule has 0 bridgehead atoms. The van der Waals surface area contributed by atoms with E-state index >= 15 is 0 Å². The fourth-order valence-corrected chi connectivity index (χ4v) is 2.83. The highest BCUT2D eigenvalue weighted by Gasteiger charge is 2.40. The highest BCUT2D eigenvalue weighted by Crippen LogP contribution is 2.24. The number of piperidine rings is 1. The molecule has 0 spiro atoms. The van der Waals surface area contributed by atoms with Crippen LogP contribution in [0, 0.1) is 5.92 Å². The highest BCUT2D eigenvalue weighted by molar-refractivity contribution is 5.94. The lowest BCUT2D eigenvalue weighted by molar-refractivity contribution is -0.130. The van der Waals surface area contributed by atoms with Crippen LogP contribution in [-0.2, 0) is 9.53 Å². The van der Waals surface area contributed by atoms with Crippen molar-refractivity contribution in [3.63, 3.8) is 0 Å². The topological polar surface area (TPSA) is 100 Å². The molecule has 114 valence electrons. The molecule has 2 aliphatic rings. The number of nitrogens with zero attached hydrogens (tertiary/aromatic N) is 2. The Hall–Kier alpha value is -1.34. The van der Waals surface area contributed by atoms with Crippen LogP contribution in [0.25, 0.3) is 0 Å². The van der Waals surface area contributed by atoms with Crippen molar-refractivity contribution in [3.8, 4) is 0 Å². The van der Waals surface area contributed by atoms with E-state index in [9.17, 15) is 4.79 Å². The van der Waals surface area contributed by atoms with Gasteiger partial charge in [-0.05, 0) is 32.7 Å². The maximum Gasteiger partial charge on any atom is 0.226 e. The lowest BCUT2D eigenvalue weighted by Crippen LogP contribution is -2.63. The normalized spacial score (nSPS) is 28.1. The molecule has 2 rings (SSSR count). The summed E-state index contributed by atoms with van der Waals surface area (Å²) < 4.78 is 5.35. The summed E-state index contributed by atoms with van der Waals surface area (Å²) in [5.41, 5.74) is 5.12. The van der Waals surface area contributed by atoms with E-state index in [1.165, 1.54) is 0 Å². The molecule has 0 radical (unpaired) electrons. The Morgan fingerprint density at radius 1 is 1.50 bits per heavy atom. The highest BCUT2D eigenvalue weighted by atomic mass is 16.5. The predicted molar refractivity (Wildman–Crippen MR) is 74.6 cm³/mol. The molecule has 0 aromatic carbocycles. The number of likely N-dealkylation sites (tertiary alicyclic amines) is 1. The van der Waals surface area contributed by atoms with E-state index in [-0.39, 0.29) is 17.7 Å². The molecule has 0 aromatic heterocycles. The zero-order chi connectivity index (χ0) is 14.6. The van der Waals surface area contributed by atoms with Crippen molar-refractivity contribution in [2.45, 2.75) is 31.2 Å². The van der Waals surface area contributed by atoms with E-state index < -0.39 is 5.54 Å². The first-order chi connectivity index (χ1) is 9.57. The summed E-state index contributed by atoms with van der Waals surface area (Å²) in [4.78, 5) is 14.5. The molecule has 2 fully saturated rings. The second-order valence-corrected chi connectivity index (χ2v) is 5.77. The number of oxime groups is 1. The minimum absolute atomic E-state index is 0.0548. The van der Waals surface area contributed by atoms with Crippen molar-refractivity contribution in [1.29, 1.82) is 0 Å². The number of amides is 1. The van der Waals surface area contributed by atoms with Crippen molar-refractivity contribution >= 4 is 11.7 Å². The van der Waals surface area contributed by atoms with Gasteiger partial charge in [-0.2, -0.15) is 0 Å². The molecule has 1 unspecified atom stereocenters. The van der Waals surface area contributed by atoms with Crippen molar-refractivity contribution in [1.82, 2.24) is 10.2 Å². The molecule has 1 atom stereocenters. The predicted octanol–water partition coefficient (Wildman–Crippen LogP) is -0.260. The third-order valence-corrected chi connectivity index (χ3v) is 4.33. The van der Waals surface area contributed by atoms with Crippen LogP contribution >= 0.6 is 0 Å². The van der Waals surface area contributed by atoms with E-state index in [1.54, 1.807) is 0 Å². The van der Waals surface area contributed by atoms with Crippen LogP contribution in [0.3, 0.4) is 0 Å². The molecule has 0 aliphatic carbocycles. The fourth-order valence-electron chi connectivity index (χ4n) is 2.83. The number of rotatable bonds is 3. The lowest BCUT2D eigenvalue weighted by Gasteiger charge is -2.41. The Morgan fingerprint density at radius 3 is 2.75 bits per heavy atom. The van der Waals surface area contributed by atoms with Crippen LogP contribution in [0.1, 0.15) is 25.7 Å². The number of carbonyl (C=O) groups is 1. The second kappa shape index (κ2) is 6.41. The van der Waals surface area contributed by atoms with E-state index in [2.05, 4.69) is 15.4 Å². The first-order valence-electron chi connectivity index (χ1n) is 7.14. The average Bonchev–Trinajstić information content (AvgIpc) is 2.49. The summed E-state index contributed by atoms with van der Waals surface area (Å²) in [6, 6.07) is 0. The van der Waals surface area contributed by atoms with E-state index in [4.69, 9.17) is 15.7 Å². The monoisotopic (exact) mass is 284 g/mol. The van der Waals surface area contributed by atoms with Gasteiger partial charge in [0.15, 0.2) is 5.84 Å². The standard InChI is InChI=1S/C13H24N4O3/c1-17-6-4-13(5-7-17,12(14)16-19)15-11(18)10-3-2-8-20-9-10/h10,19H,2-9H2,1H3,(H2,14,16)(H,15,18). The largest absolute Gasteiger partial charge is 0.409 e. The minimum Gasteiger partial charge on any atom is -0.409 e. The molecule has 7 heteroatoms. The molecule has 2 heterocycles. The van der Waals surface area contributed by atoms with Gasteiger partial charge in [0.1, 0.15) is 5.54 Å². The lowest BCUT2D eigenvalue weighted by atomic mass is 9.85. The number of carbonyl (C=O) groups excluding carboxylic acids is 1. The van der Waals surface area contributed by atoms with Crippen LogP contribution < -0.4 is 11.1 Å². The zero-order valence-corrected chi connectivity index (χ0v) is 12.0. The van der Waals surface area contributed by atoms with Crippen LogP contribution in [0.4, 0.5) is 0 Å². The Balaban J connectivity index is 2.06. The molecule has 2 saturated heterocycles. The number of nitrogens with one attached hydrogen (secondary N) is 1. The SMILES string of the molecule is CN1CCC(NC(=O)C2CCCOC2)(C(N)=NO)CC1. The molecule has 0 aromatic rings. The third-order valence-electron chi connectivity index (χ3n) is 4.33. The Kier molecular flexibility index (Phi) is 4.82. The van der Waals surface area contributed by atoms with Gasteiger partial charge in [0.2, 0.25) is 5.91 Å². The van der Waals surface area contributed by atoms with Gasteiger partial charge in [-0.3, -0.25) is 4.79 Å². The maximum atomic E-state index is 12.4. The molecule has 1 amide bonds. The second-order valence-electron chi connectivity index (χ2n) is 5.77. The fraction of sp³-hybridized carbons (Fsp3) is 0.846. The summed E-state index contributed by atoms with van der Waals surface area (Å²) in [5.74, 6) is -0.0942. The summed E-state index contributed by atoms with van der Waals surface area (Å²) in [6.07, 6.45) is 3.03. The molecule has 4 N–H and O–H groups in total. The molecule has 20 heavy (non-hydrogen) atoms. The molecule has 7 nitrogen and oxygen atoms in total. The molecule has 2 aliphatic heterocycles. The summed E-state index contributed by atoms with van der Waals surface area (Å²) in [5, 5.41) is 15.2. The van der Waals surface area contributed by atoms with Gasteiger partial charge in [0.05, 0.1) is 12.5 Å². The van der Waals surface area contributed by atoms with Crippen molar-refractivity contribution in [2.24, 2.45) is 16.8 Å². The Morgan fingerprint density at radius 2 is 2.20 bits per heavy atom. The van der Waals surface area contributed by atoms with E-state index in [0.29, 0.717) is 19.4 Å². The van der Waals surface area contributed by atoms with Gasteiger partial charge in [0.25, 0.3) is 0 Å². The van der Waals surface area contributed by atoms with Gasteiger partial charge >= 0.3 is 0 Å². The van der Waals surface area contributed by atoms with Crippen LogP contribution in [0.2, 0.25) is 0 Å². The number of ether oxygens (including phenoxy) is 1. The molecule has 0 saturated carbocycles. The minimum atomic E-state index is -0.726. The smallest absolute Gasteiger partial charge is 0.226 e. The van der Waals surface area contributed by atoms with Gasteiger partial charge < -0.3 is 25.9 Å². The van der Waals surface area contributed by atoms with E-state index in [0.717, 1.165) is 32.5 Å². The van der Waals surface area contributed by atoms with Crippen molar-refractivity contribution in [2.75, 3.05) is 33.4 Å². The molecular weight excluding hydrogens is 260 g/mol. The number of nitrogens with two attached hydrogens (primary N) is 1. The first kappa shape index (κ1) is 15.1. The summed E-state index contributed by atoms with van der Waals surface area (Å²) >= 11 is 0. The van der Waals surface area contributed by atoms with Crippen molar-refractivity contribution in [3.05, 3.63) is 0 Å². The first-order valence-corrected chi connectivity index (χ1v) is 7.14. The quantitative estimate of drug-likeness (QED) is 0.287. The Bertz CT molecular complexity index is 372. The number of amidine groups is 1. The van der Waals surface area contributed by atoms with Crippen LogP contribution in [0.5, 0.6) is 0 Å². The summed E-state index contributed by atoms with van der Waals surface area (Å²) in [7, 11) is 2.02. The number of hydrogen-bond acceptors (Lipinski definition) is 5. The summed E-state index contributed by atoms with van der Waals surface area (Å²) in [6.45, 7) is 2.78. The Labute approximate surface area is 119 Å². The number of hydrogen-bond donors (Lipinski definition) is 3. The molecular formula is C13H24N4O3.